The number of halogens is 3. The molecule has 0 radical (unpaired) electrons. The van der Waals surface area contributed by atoms with Crippen LogP contribution in [0.15, 0.2) is 18.3 Å². The molecule has 1 rings (SSSR count). The first-order chi connectivity index (χ1) is 7.90. The van der Waals surface area contributed by atoms with Crippen LogP contribution < -0.4 is 5.32 Å². The van der Waals surface area contributed by atoms with Crippen LogP contribution >= 0.6 is 0 Å². The average molecular weight is 248 g/mol. The molecule has 1 heterocycles. The number of carboxylic acid groups (broad SMARTS) is 1. The standard InChI is InChI=1S/C10H11F3N2O2/c11-10(12,13)4-2-6-15-8-7(9(16)17)3-1-5-14-8/h1,3,5H,2,4,6H2,(H,14,15)(H,16,17). The molecule has 0 saturated heterocycles. The number of alkyl halides is 3. The number of carbonyl (C=O) groups is 1. The van der Waals surface area contributed by atoms with Crippen LogP contribution in [0, 0.1) is 0 Å². The van der Waals surface area contributed by atoms with Crippen molar-refractivity contribution >= 4 is 11.8 Å². The van der Waals surface area contributed by atoms with Crippen molar-refractivity contribution in [3.63, 3.8) is 0 Å². The van der Waals surface area contributed by atoms with Gasteiger partial charge in [-0.25, -0.2) is 9.78 Å². The van der Waals surface area contributed by atoms with Crippen molar-refractivity contribution in [1.29, 1.82) is 0 Å². The molecule has 0 unspecified atom stereocenters. The number of carboxylic acids is 1. The van der Waals surface area contributed by atoms with Gasteiger partial charge >= 0.3 is 12.1 Å². The Morgan fingerprint density at radius 3 is 2.76 bits per heavy atom. The SMILES string of the molecule is O=C(O)c1cccnc1NCCCC(F)(F)F. The van der Waals surface area contributed by atoms with Crippen molar-refractivity contribution < 1.29 is 23.1 Å². The van der Waals surface area contributed by atoms with Crippen LogP contribution in [0.1, 0.15) is 23.2 Å². The first-order valence-electron chi connectivity index (χ1n) is 4.89. The van der Waals surface area contributed by atoms with E-state index in [1.165, 1.54) is 18.3 Å². The maximum Gasteiger partial charge on any atom is 0.389 e. The van der Waals surface area contributed by atoms with Crippen molar-refractivity contribution in [2.75, 3.05) is 11.9 Å². The lowest BCUT2D eigenvalue weighted by molar-refractivity contribution is -0.134. The molecule has 1 aromatic heterocycles. The van der Waals surface area contributed by atoms with E-state index in [-0.39, 0.29) is 24.3 Å². The van der Waals surface area contributed by atoms with E-state index in [2.05, 4.69) is 10.3 Å². The molecule has 2 N–H and O–H groups in total. The normalized spacial score (nSPS) is 11.2. The highest BCUT2D eigenvalue weighted by atomic mass is 19.4. The van der Waals surface area contributed by atoms with Gasteiger partial charge < -0.3 is 10.4 Å². The Kier molecular flexibility index (Phi) is 4.30. The zero-order chi connectivity index (χ0) is 12.9. The zero-order valence-electron chi connectivity index (χ0n) is 8.79. The number of hydrogen-bond donors (Lipinski definition) is 2. The van der Waals surface area contributed by atoms with Gasteiger partial charge in [-0.3, -0.25) is 0 Å². The van der Waals surface area contributed by atoms with Crippen LogP contribution in [0.5, 0.6) is 0 Å². The highest BCUT2D eigenvalue weighted by Crippen LogP contribution is 2.21. The lowest BCUT2D eigenvalue weighted by atomic mass is 10.2. The fourth-order valence-corrected chi connectivity index (χ4v) is 1.21. The van der Waals surface area contributed by atoms with Gasteiger partial charge in [-0.15, -0.1) is 0 Å². The number of pyridine rings is 1. The van der Waals surface area contributed by atoms with Gasteiger partial charge in [-0.05, 0) is 18.6 Å². The second kappa shape index (κ2) is 5.51. The summed E-state index contributed by atoms with van der Waals surface area (Å²) in [6.07, 6.45) is -3.85. The van der Waals surface area contributed by atoms with Crippen LogP contribution in [0.3, 0.4) is 0 Å². The summed E-state index contributed by atoms with van der Waals surface area (Å²) in [7, 11) is 0. The molecule has 0 aliphatic rings. The summed E-state index contributed by atoms with van der Waals surface area (Å²) in [4.78, 5) is 14.5. The molecule has 0 fully saturated rings. The molecule has 1 aromatic rings. The minimum atomic E-state index is -4.19. The van der Waals surface area contributed by atoms with Gasteiger partial charge in [0.1, 0.15) is 11.4 Å². The molecule has 0 aliphatic heterocycles. The maximum absolute atomic E-state index is 11.9. The van der Waals surface area contributed by atoms with E-state index < -0.39 is 18.6 Å². The Morgan fingerprint density at radius 2 is 2.18 bits per heavy atom. The summed E-state index contributed by atoms with van der Waals surface area (Å²) in [5.41, 5.74) is -0.0560. The summed E-state index contributed by atoms with van der Waals surface area (Å²) >= 11 is 0. The monoisotopic (exact) mass is 248 g/mol. The molecule has 0 aromatic carbocycles. The van der Waals surface area contributed by atoms with Crippen molar-refractivity contribution in [1.82, 2.24) is 4.98 Å². The molecule has 4 nitrogen and oxygen atoms in total. The summed E-state index contributed by atoms with van der Waals surface area (Å²) in [6.45, 7) is 0.0246. The highest BCUT2D eigenvalue weighted by molar-refractivity contribution is 5.92. The van der Waals surface area contributed by atoms with Crippen LogP contribution in [-0.4, -0.2) is 28.8 Å². The Labute approximate surface area is 95.5 Å². The summed E-state index contributed by atoms with van der Waals surface area (Å²) in [5.74, 6) is -1.08. The number of aromatic carboxylic acids is 1. The lowest BCUT2D eigenvalue weighted by Crippen LogP contribution is -2.13. The van der Waals surface area contributed by atoms with Gasteiger partial charge in [0.25, 0.3) is 0 Å². The minimum absolute atomic E-state index is 0.0246. The average Bonchev–Trinajstić information content (AvgIpc) is 2.23. The molecule has 0 bridgehead atoms. The van der Waals surface area contributed by atoms with E-state index >= 15 is 0 Å². The Balaban J connectivity index is 2.49. The van der Waals surface area contributed by atoms with Gasteiger partial charge in [0, 0.05) is 19.2 Å². The third kappa shape index (κ3) is 4.71. The molecule has 7 heteroatoms. The molecular weight excluding hydrogens is 237 g/mol. The van der Waals surface area contributed by atoms with Gasteiger partial charge in [-0.2, -0.15) is 13.2 Å². The van der Waals surface area contributed by atoms with Crippen molar-refractivity contribution in [3.8, 4) is 0 Å². The van der Waals surface area contributed by atoms with E-state index in [0.717, 1.165) is 0 Å². The third-order valence-electron chi connectivity index (χ3n) is 1.97. The molecule has 0 amide bonds. The van der Waals surface area contributed by atoms with E-state index in [1.54, 1.807) is 0 Å². The maximum atomic E-state index is 11.9. The topological polar surface area (TPSA) is 62.2 Å². The summed E-state index contributed by atoms with van der Waals surface area (Å²) in [6, 6.07) is 2.78. The van der Waals surface area contributed by atoms with Crippen LogP contribution in [0.25, 0.3) is 0 Å². The second-order valence-corrected chi connectivity index (χ2v) is 3.35. The molecule has 0 spiro atoms. The van der Waals surface area contributed by atoms with Crippen molar-refractivity contribution in [2.24, 2.45) is 0 Å². The molecule has 94 valence electrons. The fraction of sp³-hybridized carbons (Fsp3) is 0.400. The zero-order valence-corrected chi connectivity index (χ0v) is 8.79. The first-order valence-corrected chi connectivity index (χ1v) is 4.89. The quantitative estimate of drug-likeness (QED) is 0.786. The predicted octanol–water partition coefficient (Wildman–Crippen LogP) is 2.53. The molecular formula is C10H11F3N2O2. The smallest absolute Gasteiger partial charge is 0.389 e. The third-order valence-corrected chi connectivity index (χ3v) is 1.97. The minimum Gasteiger partial charge on any atom is -0.478 e. The highest BCUT2D eigenvalue weighted by Gasteiger charge is 2.25. The number of rotatable bonds is 5. The number of nitrogens with zero attached hydrogens (tertiary/aromatic N) is 1. The molecule has 17 heavy (non-hydrogen) atoms. The Hall–Kier alpha value is -1.79. The second-order valence-electron chi connectivity index (χ2n) is 3.35. The van der Waals surface area contributed by atoms with Crippen molar-refractivity contribution in [3.05, 3.63) is 23.9 Å². The van der Waals surface area contributed by atoms with E-state index in [9.17, 15) is 18.0 Å². The van der Waals surface area contributed by atoms with Crippen LogP contribution in [-0.2, 0) is 0 Å². The molecule has 0 saturated carbocycles. The fourth-order valence-electron chi connectivity index (χ4n) is 1.21. The van der Waals surface area contributed by atoms with E-state index in [4.69, 9.17) is 5.11 Å². The molecule has 0 aliphatic carbocycles. The Bertz CT molecular complexity index is 393. The van der Waals surface area contributed by atoms with Gasteiger partial charge in [0.05, 0.1) is 0 Å². The van der Waals surface area contributed by atoms with Crippen LogP contribution in [0.2, 0.25) is 0 Å². The number of aromatic nitrogens is 1. The number of nitrogens with one attached hydrogen (secondary N) is 1. The predicted molar refractivity (Wildman–Crippen MR) is 55.0 cm³/mol. The van der Waals surface area contributed by atoms with Gasteiger partial charge in [0.2, 0.25) is 0 Å². The van der Waals surface area contributed by atoms with Crippen LogP contribution in [0.4, 0.5) is 19.0 Å². The summed E-state index contributed by atoms with van der Waals surface area (Å²) in [5, 5.41) is 11.4. The molecule has 0 atom stereocenters. The number of anilines is 1. The lowest BCUT2D eigenvalue weighted by Gasteiger charge is -2.09. The van der Waals surface area contributed by atoms with E-state index in [0.29, 0.717) is 0 Å². The first kappa shape index (κ1) is 13.3. The van der Waals surface area contributed by atoms with Crippen molar-refractivity contribution in [2.45, 2.75) is 19.0 Å². The number of hydrogen-bond acceptors (Lipinski definition) is 3. The summed E-state index contributed by atoms with van der Waals surface area (Å²) < 4.78 is 35.6. The largest absolute Gasteiger partial charge is 0.478 e. The van der Waals surface area contributed by atoms with E-state index in [1.807, 2.05) is 0 Å². The Morgan fingerprint density at radius 1 is 1.47 bits per heavy atom. The van der Waals surface area contributed by atoms with Gasteiger partial charge in [0.15, 0.2) is 0 Å². The van der Waals surface area contributed by atoms with Gasteiger partial charge in [-0.1, -0.05) is 0 Å².